The average molecular weight is 298 g/mol. The van der Waals surface area contributed by atoms with Crippen molar-refractivity contribution in [3.05, 3.63) is 71.8 Å². The molecule has 0 bridgehead atoms. The zero-order chi connectivity index (χ0) is 15.8. The Morgan fingerprint density at radius 2 is 1.50 bits per heavy atom. The zero-order valence-corrected chi connectivity index (χ0v) is 12.8. The number of rotatable bonds is 8. The van der Waals surface area contributed by atoms with Crippen LogP contribution in [0.15, 0.2) is 60.7 Å². The summed E-state index contributed by atoms with van der Waals surface area (Å²) in [6.45, 7) is 2.52. The van der Waals surface area contributed by atoms with Crippen LogP contribution < -0.4 is 0 Å². The van der Waals surface area contributed by atoms with Crippen molar-refractivity contribution in [2.45, 2.75) is 31.8 Å². The second-order valence-electron chi connectivity index (χ2n) is 5.28. The fourth-order valence-electron chi connectivity index (χ4n) is 2.53. The Bertz CT molecular complexity index is 526. The predicted molar refractivity (Wildman–Crippen MR) is 87.0 cm³/mol. The standard InChI is InChI=1S/C19H22O3/c1-2-3-14-22-18(19(20)21)17(15-10-6-4-7-11-15)16-12-8-5-9-13-16/h4-13,17-18H,2-3,14H2,1H3,(H,20,21). The van der Waals surface area contributed by atoms with Gasteiger partial charge in [0.15, 0.2) is 6.10 Å². The lowest BCUT2D eigenvalue weighted by molar-refractivity contribution is -0.151. The van der Waals surface area contributed by atoms with Gasteiger partial charge >= 0.3 is 5.97 Å². The van der Waals surface area contributed by atoms with Crippen LogP contribution in [-0.2, 0) is 9.53 Å². The summed E-state index contributed by atoms with van der Waals surface area (Å²) < 4.78 is 5.72. The Hall–Kier alpha value is -2.13. The van der Waals surface area contributed by atoms with Crippen molar-refractivity contribution >= 4 is 5.97 Å². The number of carboxylic acid groups (broad SMARTS) is 1. The van der Waals surface area contributed by atoms with Crippen LogP contribution in [0.2, 0.25) is 0 Å². The van der Waals surface area contributed by atoms with E-state index in [9.17, 15) is 9.90 Å². The number of hydrogen-bond donors (Lipinski definition) is 1. The number of carbonyl (C=O) groups is 1. The molecule has 0 aliphatic heterocycles. The Balaban J connectivity index is 2.35. The van der Waals surface area contributed by atoms with E-state index in [1.54, 1.807) is 0 Å². The van der Waals surface area contributed by atoms with E-state index < -0.39 is 12.1 Å². The van der Waals surface area contributed by atoms with Gasteiger partial charge in [0.1, 0.15) is 0 Å². The van der Waals surface area contributed by atoms with Gasteiger partial charge < -0.3 is 9.84 Å². The summed E-state index contributed by atoms with van der Waals surface area (Å²) in [6, 6.07) is 19.4. The van der Waals surface area contributed by atoms with Gasteiger partial charge in [-0.2, -0.15) is 0 Å². The Kier molecular flexibility index (Phi) is 6.16. The Labute approximate surface area is 131 Å². The minimum absolute atomic E-state index is 0.309. The molecule has 0 aliphatic rings. The molecule has 0 amide bonds. The third-order valence-corrected chi connectivity index (χ3v) is 3.66. The first-order valence-corrected chi connectivity index (χ1v) is 7.68. The molecule has 0 aliphatic carbocycles. The van der Waals surface area contributed by atoms with Gasteiger partial charge in [-0.1, -0.05) is 74.0 Å². The molecule has 1 unspecified atom stereocenters. The van der Waals surface area contributed by atoms with E-state index in [0.29, 0.717) is 6.61 Å². The smallest absolute Gasteiger partial charge is 0.333 e. The summed E-state index contributed by atoms with van der Waals surface area (Å²) in [5.74, 6) is -1.23. The van der Waals surface area contributed by atoms with Gasteiger partial charge in [-0.05, 0) is 17.5 Å². The van der Waals surface area contributed by atoms with Crippen LogP contribution in [0.25, 0.3) is 0 Å². The van der Waals surface area contributed by atoms with Crippen molar-refractivity contribution in [3.8, 4) is 0 Å². The lowest BCUT2D eigenvalue weighted by Gasteiger charge is -2.25. The molecule has 2 aromatic rings. The number of unbranched alkanes of at least 4 members (excludes halogenated alkanes) is 1. The largest absolute Gasteiger partial charge is 0.479 e. The van der Waals surface area contributed by atoms with E-state index in [2.05, 4.69) is 6.92 Å². The van der Waals surface area contributed by atoms with Crippen LogP contribution >= 0.6 is 0 Å². The Morgan fingerprint density at radius 1 is 1.00 bits per heavy atom. The average Bonchev–Trinajstić information content (AvgIpc) is 2.56. The number of aliphatic carboxylic acids is 1. The molecule has 2 rings (SSSR count). The van der Waals surface area contributed by atoms with Crippen molar-refractivity contribution in [1.82, 2.24) is 0 Å². The summed E-state index contributed by atoms with van der Waals surface area (Å²) in [5, 5.41) is 9.64. The number of hydrogen-bond acceptors (Lipinski definition) is 2. The molecule has 3 nitrogen and oxygen atoms in total. The highest BCUT2D eigenvalue weighted by Gasteiger charge is 2.31. The molecule has 0 radical (unpaired) electrons. The SMILES string of the molecule is CCCCOC(C(=O)O)C(c1ccccc1)c1ccccc1. The molecule has 0 fully saturated rings. The van der Waals surface area contributed by atoms with Crippen molar-refractivity contribution < 1.29 is 14.6 Å². The maximum atomic E-state index is 11.8. The van der Waals surface area contributed by atoms with E-state index in [0.717, 1.165) is 24.0 Å². The molecule has 1 atom stereocenters. The molecule has 0 aromatic heterocycles. The molecule has 0 saturated carbocycles. The number of carboxylic acids is 1. The van der Waals surface area contributed by atoms with Crippen LogP contribution in [0.1, 0.15) is 36.8 Å². The monoisotopic (exact) mass is 298 g/mol. The van der Waals surface area contributed by atoms with Crippen LogP contribution in [0.4, 0.5) is 0 Å². The molecule has 22 heavy (non-hydrogen) atoms. The second kappa shape index (κ2) is 8.35. The summed E-state index contributed by atoms with van der Waals surface area (Å²) in [6.07, 6.45) is 0.963. The van der Waals surface area contributed by atoms with E-state index in [1.807, 2.05) is 60.7 Å². The van der Waals surface area contributed by atoms with Crippen molar-refractivity contribution in [2.75, 3.05) is 6.61 Å². The van der Waals surface area contributed by atoms with E-state index in [4.69, 9.17) is 4.74 Å². The maximum absolute atomic E-state index is 11.8. The summed E-state index contributed by atoms with van der Waals surface area (Å²) in [4.78, 5) is 11.8. The highest BCUT2D eigenvalue weighted by Crippen LogP contribution is 2.30. The van der Waals surface area contributed by atoms with Gasteiger partial charge in [-0.15, -0.1) is 0 Å². The molecule has 2 aromatic carbocycles. The third-order valence-electron chi connectivity index (χ3n) is 3.66. The van der Waals surface area contributed by atoms with Gasteiger partial charge in [-0.3, -0.25) is 0 Å². The van der Waals surface area contributed by atoms with Gasteiger partial charge in [0, 0.05) is 12.5 Å². The summed E-state index contributed by atoms with van der Waals surface area (Å²) in [5.41, 5.74) is 1.91. The van der Waals surface area contributed by atoms with E-state index in [-0.39, 0.29) is 5.92 Å². The lowest BCUT2D eigenvalue weighted by atomic mass is 9.86. The molecule has 0 saturated heterocycles. The second-order valence-corrected chi connectivity index (χ2v) is 5.28. The van der Waals surface area contributed by atoms with Crippen LogP contribution in [-0.4, -0.2) is 23.8 Å². The normalized spacial score (nSPS) is 12.3. The quantitative estimate of drug-likeness (QED) is 0.747. The number of ether oxygens (including phenoxy) is 1. The molecule has 0 heterocycles. The number of benzene rings is 2. The van der Waals surface area contributed by atoms with Crippen molar-refractivity contribution in [2.24, 2.45) is 0 Å². The van der Waals surface area contributed by atoms with Crippen LogP contribution in [0, 0.1) is 0 Å². The van der Waals surface area contributed by atoms with Gasteiger partial charge in [0.05, 0.1) is 0 Å². The predicted octanol–water partition coefficient (Wildman–Crippen LogP) is 4.09. The highest BCUT2D eigenvalue weighted by atomic mass is 16.5. The first-order chi connectivity index (χ1) is 10.7. The summed E-state index contributed by atoms with van der Waals surface area (Å²) >= 11 is 0. The lowest BCUT2D eigenvalue weighted by Crippen LogP contribution is -2.32. The van der Waals surface area contributed by atoms with Gasteiger partial charge in [0.25, 0.3) is 0 Å². The third kappa shape index (κ3) is 4.18. The topological polar surface area (TPSA) is 46.5 Å². The van der Waals surface area contributed by atoms with Crippen LogP contribution in [0.5, 0.6) is 0 Å². The van der Waals surface area contributed by atoms with Crippen molar-refractivity contribution in [3.63, 3.8) is 0 Å². The summed E-state index contributed by atoms with van der Waals surface area (Å²) in [7, 11) is 0. The first-order valence-electron chi connectivity index (χ1n) is 7.68. The van der Waals surface area contributed by atoms with E-state index in [1.165, 1.54) is 0 Å². The minimum Gasteiger partial charge on any atom is -0.479 e. The Morgan fingerprint density at radius 3 is 1.91 bits per heavy atom. The molecule has 0 spiro atoms. The van der Waals surface area contributed by atoms with Gasteiger partial charge in [-0.25, -0.2) is 4.79 Å². The highest BCUT2D eigenvalue weighted by molar-refractivity contribution is 5.75. The minimum atomic E-state index is -0.922. The zero-order valence-electron chi connectivity index (χ0n) is 12.8. The van der Waals surface area contributed by atoms with E-state index >= 15 is 0 Å². The van der Waals surface area contributed by atoms with Gasteiger partial charge in [0.2, 0.25) is 0 Å². The fourth-order valence-corrected chi connectivity index (χ4v) is 2.53. The molecule has 116 valence electrons. The molecular weight excluding hydrogens is 276 g/mol. The maximum Gasteiger partial charge on any atom is 0.333 e. The van der Waals surface area contributed by atoms with Crippen molar-refractivity contribution in [1.29, 1.82) is 0 Å². The molecule has 1 N–H and O–H groups in total. The van der Waals surface area contributed by atoms with Crippen LogP contribution in [0.3, 0.4) is 0 Å². The first kappa shape index (κ1) is 16.2. The molecule has 3 heteroatoms. The fraction of sp³-hybridized carbons (Fsp3) is 0.316. The molecular formula is C19H22O3.